The van der Waals surface area contributed by atoms with Crippen LogP contribution in [0, 0.1) is 13.0 Å². The van der Waals surface area contributed by atoms with Crippen LogP contribution in [0.25, 0.3) is 10.8 Å². The van der Waals surface area contributed by atoms with E-state index in [-0.39, 0.29) is 34.8 Å². The molecule has 118 valence electrons. The summed E-state index contributed by atoms with van der Waals surface area (Å²) in [7, 11) is -0.243. The zero-order chi connectivity index (χ0) is 15.0. The first-order chi connectivity index (χ1) is 9.49. The molecule has 0 unspecified atom stereocenters. The fourth-order valence-corrected chi connectivity index (χ4v) is 1.80. The predicted octanol–water partition coefficient (Wildman–Crippen LogP) is -0.645. The summed E-state index contributed by atoms with van der Waals surface area (Å²) in [6.45, 7) is 4.21. The fraction of sp³-hybridized carbons (Fsp3) is 0.278. The Morgan fingerprint density at radius 3 is 2.14 bits per heavy atom. The van der Waals surface area contributed by atoms with E-state index in [1.54, 1.807) is 21.6 Å². The number of allylic oxidation sites excluding steroid dienone is 4. The van der Waals surface area contributed by atoms with Crippen molar-refractivity contribution in [2.45, 2.75) is 31.8 Å². The molecule has 0 N–H and O–H groups in total. The van der Waals surface area contributed by atoms with Gasteiger partial charge in [-0.1, -0.05) is 13.0 Å². The maximum atomic E-state index is 3.05. The third kappa shape index (κ3) is 10.9. The Labute approximate surface area is 163 Å². The molecule has 0 saturated carbocycles. The Morgan fingerprint density at radius 2 is 1.73 bits per heavy atom. The maximum absolute atomic E-state index is 3.05. The van der Waals surface area contributed by atoms with Crippen LogP contribution in [0.15, 0.2) is 54.1 Å². The van der Waals surface area contributed by atoms with Crippen LogP contribution in [-0.4, -0.2) is 9.98 Å². The molecule has 0 nitrogen and oxygen atoms in total. The molecule has 4 heteroatoms. The van der Waals surface area contributed by atoms with Crippen LogP contribution in [0.1, 0.15) is 18.9 Å². The second kappa shape index (κ2) is 13.7. The molecule has 0 spiro atoms. The summed E-state index contributed by atoms with van der Waals surface area (Å²) in [5.41, 5.74) is 2.69. The molecule has 0 aromatic heterocycles. The first-order valence-electron chi connectivity index (χ1n) is 6.86. The van der Waals surface area contributed by atoms with Gasteiger partial charge in [-0.15, -0.1) is 53.9 Å². The average Bonchev–Trinajstić information content (AvgIpc) is 2.96. The van der Waals surface area contributed by atoms with Crippen LogP contribution >= 0.6 is 0 Å². The number of hydrogen-bond donors (Lipinski definition) is 0. The largest absolute Gasteiger partial charge is 1.00 e. The number of aryl methyl sites for hydroxylation is 1. The van der Waals surface area contributed by atoms with Crippen molar-refractivity contribution in [1.82, 2.24) is 0 Å². The summed E-state index contributed by atoms with van der Waals surface area (Å²) >= 11 is 1.80. The van der Waals surface area contributed by atoms with Crippen LogP contribution in [0.4, 0.5) is 0 Å². The van der Waals surface area contributed by atoms with Crippen molar-refractivity contribution in [3.63, 3.8) is 0 Å². The minimum absolute atomic E-state index is 0. The monoisotopic (exact) mass is 472 g/mol. The van der Waals surface area contributed by atoms with Crippen LogP contribution in [0.3, 0.4) is 0 Å². The van der Waals surface area contributed by atoms with Gasteiger partial charge in [-0.3, -0.25) is 6.08 Å². The normalized spacial score (nSPS) is 11.1. The van der Waals surface area contributed by atoms with Gasteiger partial charge >= 0.3 is 43.1 Å². The molecule has 3 rings (SSSR count). The van der Waals surface area contributed by atoms with E-state index >= 15 is 0 Å². The summed E-state index contributed by atoms with van der Waals surface area (Å²) in [4.78, 5) is 0. The van der Waals surface area contributed by atoms with E-state index in [1.165, 1.54) is 21.9 Å². The summed E-state index contributed by atoms with van der Waals surface area (Å²) in [6.07, 6.45) is 8.24. The van der Waals surface area contributed by atoms with E-state index in [9.17, 15) is 0 Å². The molecule has 0 heterocycles. The molecule has 0 radical (unpaired) electrons. The molecule has 22 heavy (non-hydrogen) atoms. The second-order valence-corrected chi connectivity index (χ2v) is 22.1. The van der Waals surface area contributed by atoms with Crippen molar-refractivity contribution in [3.05, 3.63) is 65.8 Å². The summed E-state index contributed by atoms with van der Waals surface area (Å²) in [5, 5.41) is 2.69. The van der Waals surface area contributed by atoms with Gasteiger partial charge in [0, 0.05) is 0 Å². The standard InChI is InChI=1S/C10H9.C6H7.C2H6Ge.2ClH.Zr/c1-8-6-9-4-2-3-5-10(9)7-8;1-6-4-2-3-5-6;1-3-2;;;/h2-7H,1H3;4-5H,2H2,1H3;1-2H3;2*1H;/q2*-1;;;;+2/p-2. The molecule has 0 saturated heterocycles. The van der Waals surface area contributed by atoms with Crippen molar-refractivity contribution in [1.29, 1.82) is 0 Å². The fourth-order valence-electron chi connectivity index (χ4n) is 1.80. The van der Waals surface area contributed by atoms with Crippen molar-refractivity contribution in [3.8, 4) is 0 Å². The minimum Gasteiger partial charge on any atom is -1.00 e. The van der Waals surface area contributed by atoms with E-state index in [1.807, 2.05) is 6.08 Å². The Morgan fingerprint density at radius 1 is 1.14 bits per heavy atom. The van der Waals surface area contributed by atoms with Gasteiger partial charge in [0.25, 0.3) is 0 Å². The Kier molecular flexibility index (Phi) is 15.3. The maximum Gasteiger partial charge on any atom is -1.00 e. The number of hydrogen-bond acceptors (Lipinski definition) is 0. The van der Waals surface area contributed by atoms with Crippen molar-refractivity contribution < 1.29 is 46.4 Å². The predicted molar refractivity (Wildman–Crippen MR) is 87.9 cm³/mol. The molecule has 0 aliphatic heterocycles. The van der Waals surface area contributed by atoms with Crippen LogP contribution < -0.4 is 24.8 Å². The van der Waals surface area contributed by atoms with Gasteiger partial charge in [0.15, 0.2) is 0 Å². The molecule has 0 amide bonds. The van der Waals surface area contributed by atoms with E-state index in [2.05, 4.69) is 73.9 Å². The van der Waals surface area contributed by atoms with E-state index in [4.69, 9.17) is 0 Å². The van der Waals surface area contributed by atoms with Gasteiger partial charge in [-0.2, -0.15) is 12.1 Å². The number of fused-ring (bicyclic) bond motifs is 1. The molecular formula is C18H22Cl2GeZr-2. The topological polar surface area (TPSA) is 0 Å². The molecule has 0 bridgehead atoms. The van der Waals surface area contributed by atoms with Crippen LogP contribution in [-0.2, 0) is 21.6 Å². The van der Waals surface area contributed by atoms with Gasteiger partial charge in [0.05, 0.1) is 0 Å². The van der Waals surface area contributed by atoms with Gasteiger partial charge in [-0.05, 0) is 0 Å². The zero-order valence-electron chi connectivity index (χ0n) is 13.6. The number of benzene rings is 1. The third-order valence-electron chi connectivity index (χ3n) is 2.63. The summed E-state index contributed by atoms with van der Waals surface area (Å²) in [6, 6.07) is 12.8. The first kappa shape index (κ1) is 24.6. The average molecular weight is 473 g/mol. The van der Waals surface area contributed by atoms with Crippen molar-refractivity contribution in [2.75, 3.05) is 0 Å². The van der Waals surface area contributed by atoms with Crippen LogP contribution in [0.2, 0.25) is 11.5 Å². The summed E-state index contributed by atoms with van der Waals surface area (Å²) in [5.74, 6) is 4.75. The quantitative estimate of drug-likeness (QED) is 0.353. The second-order valence-electron chi connectivity index (χ2n) is 5.16. The molecule has 2 aromatic rings. The molecule has 1 aliphatic carbocycles. The Balaban J connectivity index is 0. The van der Waals surface area contributed by atoms with Gasteiger partial charge in [0.2, 0.25) is 0 Å². The number of halogens is 2. The molecule has 2 aromatic carbocycles. The van der Waals surface area contributed by atoms with Gasteiger partial charge in [0.1, 0.15) is 0 Å². The van der Waals surface area contributed by atoms with Crippen molar-refractivity contribution in [2.24, 2.45) is 0 Å². The first-order valence-corrected chi connectivity index (χ1v) is 18.5. The summed E-state index contributed by atoms with van der Waals surface area (Å²) < 4.78 is 0. The number of rotatable bonds is 0. The van der Waals surface area contributed by atoms with Crippen molar-refractivity contribution >= 4 is 20.7 Å². The molecule has 0 atom stereocenters. The van der Waals surface area contributed by atoms with Gasteiger partial charge in [-0.25, -0.2) is 11.6 Å². The Hall–Kier alpha value is 0.316. The Bertz CT molecular complexity index is 587. The van der Waals surface area contributed by atoms with E-state index in [0.717, 1.165) is 6.42 Å². The SMILES string of the molecule is CC1=CC[C-]=C1.Cc1cc2ccccc2[cH-]1.[CH3][Ge]([CH3])=[Zr+2].[Cl-].[Cl-]. The van der Waals surface area contributed by atoms with E-state index < -0.39 is 0 Å². The third-order valence-corrected chi connectivity index (χ3v) is 2.63. The van der Waals surface area contributed by atoms with Crippen LogP contribution in [0.5, 0.6) is 0 Å². The zero-order valence-corrected chi connectivity index (χ0v) is 19.6. The smallest absolute Gasteiger partial charge is 1.00 e. The minimum atomic E-state index is -0.243. The molecule has 0 fully saturated rings. The molecular weight excluding hydrogens is 451 g/mol. The van der Waals surface area contributed by atoms with Gasteiger partial charge < -0.3 is 24.8 Å². The molecule has 1 aliphatic rings. The van der Waals surface area contributed by atoms with E-state index in [0.29, 0.717) is 0 Å².